The predicted octanol–water partition coefficient (Wildman–Crippen LogP) is 1.03. The molecule has 0 aromatic carbocycles. The lowest BCUT2D eigenvalue weighted by Gasteiger charge is -2.27. The number of sulfone groups is 1. The second-order valence-corrected chi connectivity index (χ2v) is 8.17. The summed E-state index contributed by atoms with van der Waals surface area (Å²) >= 11 is 0. The van der Waals surface area contributed by atoms with Crippen molar-refractivity contribution in [2.24, 2.45) is 0 Å². The van der Waals surface area contributed by atoms with Crippen LogP contribution in [0.15, 0.2) is 0 Å². The lowest BCUT2D eigenvalue weighted by molar-refractivity contribution is 0.246. The van der Waals surface area contributed by atoms with Crippen LogP contribution < -0.4 is 5.32 Å². The van der Waals surface area contributed by atoms with Gasteiger partial charge in [0.25, 0.3) is 0 Å². The van der Waals surface area contributed by atoms with Crippen LogP contribution in [0.25, 0.3) is 0 Å². The fourth-order valence-corrected chi connectivity index (χ4v) is 4.73. The average Bonchev–Trinajstić information content (AvgIpc) is 2.95. The van der Waals surface area contributed by atoms with Crippen LogP contribution in [0.3, 0.4) is 0 Å². The van der Waals surface area contributed by atoms with Crippen LogP contribution in [0.2, 0.25) is 0 Å². The SMILES string of the molecule is CC(CNC1CCCC1S(C)(=O)=O)N1CCCC1. The van der Waals surface area contributed by atoms with Gasteiger partial charge in [0.2, 0.25) is 0 Å². The topological polar surface area (TPSA) is 49.4 Å². The van der Waals surface area contributed by atoms with E-state index in [4.69, 9.17) is 0 Å². The van der Waals surface area contributed by atoms with Gasteiger partial charge in [-0.3, -0.25) is 4.90 Å². The standard InChI is InChI=1S/C13H26N2O2S/c1-11(15-8-3-4-9-15)10-14-12-6-5-7-13(12)18(2,16)17/h11-14H,3-10H2,1-2H3. The van der Waals surface area contributed by atoms with Crippen molar-refractivity contribution in [2.75, 3.05) is 25.9 Å². The van der Waals surface area contributed by atoms with Crippen molar-refractivity contribution in [2.45, 2.75) is 56.4 Å². The molecule has 3 unspecified atom stereocenters. The molecule has 1 saturated heterocycles. The molecule has 106 valence electrons. The van der Waals surface area contributed by atoms with Crippen molar-refractivity contribution < 1.29 is 8.42 Å². The number of likely N-dealkylation sites (tertiary alicyclic amines) is 1. The Kier molecular flexibility index (Phi) is 4.67. The minimum atomic E-state index is -2.89. The highest BCUT2D eigenvalue weighted by atomic mass is 32.2. The normalized spacial score (nSPS) is 31.9. The summed E-state index contributed by atoms with van der Waals surface area (Å²) in [5.41, 5.74) is 0. The van der Waals surface area contributed by atoms with Crippen molar-refractivity contribution in [3.63, 3.8) is 0 Å². The van der Waals surface area contributed by atoms with Gasteiger partial charge in [-0.2, -0.15) is 0 Å². The van der Waals surface area contributed by atoms with E-state index < -0.39 is 9.84 Å². The Morgan fingerprint density at radius 1 is 1.22 bits per heavy atom. The van der Waals surface area contributed by atoms with E-state index in [1.165, 1.54) is 32.2 Å². The van der Waals surface area contributed by atoms with Crippen LogP contribution in [-0.4, -0.2) is 56.5 Å². The molecule has 2 aliphatic rings. The number of hydrogen-bond acceptors (Lipinski definition) is 4. The van der Waals surface area contributed by atoms with Crippen molar-refractivity contribution in [3.05, 3.63) is 0 Å². The minimum absolute atomic E-state index is 0.164. The predicted molar refractivity (Wildman–Crippen MR) is 74.5 cm³/mol. The van der Waals surface area contributed by atoms with E-state index in [1.54, 1.807) is 0 Å². The molecule has 5 heteroatoms. The molecule has 0 spiro atoms. The van der Waals surface area contributed by atoms with Crippen molar-refractivity contribution >= 4 is 9.84 Å². The first kappa shape index (κ1) is 14.3. The van der Waals surface area contributed by atoms with Gasteiger partial charge in [-0.1, -0.05) is 6.42 Å². The fraction of sp³-hybridized carbons (Fsp3) is 1.00. The Bertz CT molecular complexity index is 363. The van der Waals surface area contributed by atoms with E-state index in [-0.39, 0.29) is 11.3 Å². The van der Waals surface area contributed by atoms with Crippen LogP contribution in [0.1, 0.15) is 39.0 Å². The zero-order valence-electron chi connectivity index (χ0n) is 11.6. The average molecular weight is 274 g/mol. The molecule has 18 heavy (non-hydrogen) atoms. The van der Waals surface area contributed by atoms with E-state index in [2.05, 4.69) is 17.1 Å². The van der Waals surface area contributed by atoms with Gasteiger partial charge in [0.1, 0.15) is 0 Å². The Balaban J connectivity index is 1.82. The highest BCUT2D eigenvalue weighted by Gasteiger charge is 2.34. The van der Waals surface area contributed by atoms with Crippen molar-refractivity contribution in [1.82, 2.24) is 10.2 Å². The molecule has 1 N–H and O–H groups in total. The zero-order chi connectivity index (χ0) is 13.2. The number of nitrogens with one attached hydrogen (secondary N) is 1. The first-order valence-electron chi connectivity index (χ1n) is 7.15. The summed E-state index contributed by atoms with van der Waals surface area (Å²) in [7, 11) is -2.89. The van der Waals surface area contributed by atoms with Crippen LogP contribution >= 0.6 is 0 Å². The molecule has 1 saturated carbocycles. The van der Waals surface area contributed by atoms with Crippen molar-refractivity contribution in [3.8, 4) is 0 Å². The lowest BCUT2D eigenvalue weighted by Crippen LogP contribution is -2.46. The quantitative estimate of drug-likeness (QED) is 0.813. The molecular weight excluding hydrogens is 248 g/mol. The number of nitrogens with zero attached hydrogens (tertiary/aromatic N) is 1. The maximum Gasteiger partial charge on any atom is 0.151 e. The molecule has 0 aromatic rings. The third-order valence-corrected chi connectivity index (χ3v) is 6.11. The van der Waals surface area contributed by atoms with Gasteiger partial charge in [0.05, 0.1) is 5.25 Å². The summed E-state index contributed by atoms with van der Waals surface area (Å²) in [6, 6.07) is 0.693. The second kappa shape index (κ2) is 5.88. The molecule has 0 aromatic heterocycles. The van der Waals surface area contributed by atoms with E-state index >= 15 is 0 Å². The third-order valence-electron chi connectivity index (χ3n) is 4.44. The Morgan fingerprint density at radius 2 is 1.89 bits per heavy atom. The molecule has 1 aliphatic heterocycles. The van der Waals surface area contributed by atoms with Gasteiger partial charge in [0, 0.05) is 24.9 Å². The van der Waals surface area contributed by atoms with E-state index in [9.17, 15) is 8.42 Å². The molecule has 0 radical (unpaired) electrons. The van der Waals surface area contributed by atoms with Gasteiger partial charge in [0.15, 0.2) is 9.84 Å². The molecule has 3 atom stereocenters. The first-order chi connectivity index (χ1) is 8.48. The number of hydrogen-bond donors (Lipinski definition) is 1. The molecule has 0 bridgehead atoms. The van der Waals surface area contributed by atoms with Gasteiger partial charge in [-0.25, -0.2) is 8.42 Å². The summed E-state index contributed by atoms with van der Waals surface area (Å²) in [4.78, 5) is 2.50. The van der Waals surface area contributed by atoms with Crippen molar-refractivity contribution in [1.29, 1.82) is 0 Å². The van der Waals surface area contributed by atoms with Gasteiger partial charge in [-0.05, 0) is 45.7 Å². The third kappa shape index (κ3) is 3.45. The summed E-state index contributed by atoms with van der Waals surface area (Å²) < 4.78 is 23.4. The Morgan fingerprint density at radius 3 is 2.50 bits per heavy atom. The zero-order valence-corrected chi connectivity index (χ0v) is 12.4. The Labute approximate surface area is 111 Å². The summed E-state index contributed by atoms with van der Waals surface area (Å²) in [5.74, 6) is 0. The van der Waals surface area contributed by atoms with E-state index in [0.29, 0.717) is 6.04 Å². The second-order valence-electron chi connectivity index (χ2n) is 5.91. The molecule has 1 heterocycles. The van der Waals surface area contributed by atoms with Crippen LogP contribution in [0.4, 0.5) is 0 Å². The largest absolute Gasteiger partial charge is 0.311 e. The monoisotopic (exact) mass is 274 g/mol. The highest BCUT2D eigenvalue weighted by Crippen LogP contribution is 2.25. The van der Waals surface area contributed by atoms with E-state index in [0.717, 1.165) is 25.8 Å². The first-order valence-corrected chi connectivity index (χ1v) is 9.10. The molecule has 4 nitrogen and oxygen atoms in total. The number of rotatable bonds is 5. The van der Waals surface area contributed by atoms with Crippen LogP contribution in [-0.2, 0) is 9.84 Å². The maximum atomic E-state index is 11.7. The molecule has 2 rings (SSSR count). The van der Waals surface area contributed by atoms with Gasteiger partial charge >= 0.3 is 0 Å². The van der Waals surface area contributed by atoms with Crippen LogP contribution in [0.5, 0.6) is 0 Å². The van der Waals surface area contributed by atoms with Crippen LogP contribution in [0, 0.1) is 0 Å². The highest BCUT2D eigenvalue weighted by molar-refractivity contribution is 7.91. The summed E-state index contributed by atoms with van der Waals surface area (Å²) in [6.45, 7) is 5.55. The fourth-order valence-electron chi connectivity index (χ4n) is 3.31. The Hall–Kier alpha value is -0.130. The maximum absolute atomic E-state index is 11.7. The molecule has 2 fully saturated rings. The summed E-state index contributed by atoms with van der Waals surface area (Å²) in [5, 5.41) is 3.33. The summed E-state index contributed by atoms with van der Waals surface area (Å²) in [6.07, 6.45) is 6.85. The molecular formula is C13H26N2O2S. The van der Waals surface area contributed by atoms with E-state index in [1.807, 2.05) is 0 Å². The van der Waals surface area contributed by atoms with Gasteiger partial charge in [-0.15, -0.1) is 0 Å². The molecule has 1 aliphatic carbocycles. The molecule has 0 amide bonds. The smallest absolute Gasteiger partial charge is 0.151 e. The lowest BCUT2D eigenvalue weighted by atomic mass is 10.2. The minimum Gasteiger partial charge on any atom is -0.311 e. The van der Waals surface area contributed by atoms with Gasteiger partial charge < -0.3 is 5.32 Å².